The molecule has 2 heteroatoms. The van der Waals surface area contributed by atoms with Gasteiger partial charge in [0.1, 0.15) is 0 Å². The number of aliphatic hydroxyl groups is 1. The van der Waals surface area contributed by atoms with E-state index in [-0.39, 0.29) is 0 Å². The maximum atomic E-state index is 10.5. The van der Waals surface area contributed by atoms with Gasteiger partial charge in [0.2, 0.25) is 0 Å². The Bertz CT molecular complexity index is 517. The highest BCUT2D eigenvalue weighted by Crippen LogP contribution is 2.29. The van der Waals surface area contributed by atoms with Crippen molar-refractivity contribution in [3.63, 3.8) is 0 Å². The van der Waals surface area contributed by atoms with Crippen molar-refractivity contribution >= 4 is 10.9 Å². The van der Waals surface area contributed by atoms with Crippen LogP contribution in [0.5, 0.6) is 0 Å². The summed E-state index contributed by atoms with van der Waals surface area (Å²) in [6.07, 6.45) is 2.55. The fourth-order valence-electron chi connectivity index (χ4n) is 2.32. The van der Waals surface area contributed by atoms with Gasteiger partial charge in [-0.1, -0.05) is 26.0 Å². The predicted molar refractivity (Wildman–Crippen MR) is 70.8 cm³/mol. The molecular weight excluding hydrogens is 210 g/mol. The Morgan fingerprint density at radius 3 is 2.76 bits per heavy atom. The third-order valence-corrected chi connectivity index (χ3v) is 3.03. The summed E-state index contributed by atoms with van der Waals surface area (Å²) in [7, 11) is 0. The molecule has 90 valence electrons. The number of pyridine rings is 1. The topological polar surface area (TPSA) is 33.1 Å². The smallest absolute Gasteiger partial charge is 0.0871 e. The van der Waals surface area contributed by atoms with E-state index in [9.17, 15) is 5.11 Å². The van der Waals surface area contributed by atoms with Crippen LogP contribution >= 0.6 is 0 Å². The predicted octanol–water partition coefficient (Wildman–Crippen LogP) is 3.49. The maximum absolute atomic E-state index is 10.5. The summed E-state index contributed by atoms with van der Waals surface area (Å²) in [5.74, 6) is 0.467. The summed E-state index contributed by atoms with van der Waals surface area (Å²) in [4.78, 5) is 4.28. The zero-order valence-corrected chi connectivity index (χ0v) is 10.6. The van der Waals surface area contributed by atoms with Crippen molar-refractivity contribution in [2.24, 2.45) is 5.92 Å². The van der Waals surface area contributed by atoms with Gasteiger partial charge >= 0.3 is 0 Å². The van der Waals surface area contributed by atoms with Crippen molar-refractivity contribution in [1.29, 1.82) is 0 Å². The molecule has 0 amide bonds. The molecule has 0 saturated heterocycles. The van der Waals surface area contributed by atoms with Crippen LogP contribution in [-0.2, 0) is 5.60 Å². The van der Waals surface area contributed by atoms with Crippen LogP contribution in [0, 0.1) is 5.92 Å². The minimum Gasteiger partial charge on any atom is -0.385 e. The minimum atomic E-state index is -0.766. The molecule has 1 heterocycles. The number of fused-ring (bicyclic) bond motifs is 1. The molecule has 0 aliphatic carbocycles. The van der Waals surface area contributed by atoms with Crippen LogP contribution in [0.25, 0.3) is 10.9 Å². The van der Waals surface area contributed by atoms with Gasteiger partial charge in [-0.05, 0) is 43.0 Å². The number of hydrogen-bond acceptors (Lipinski definition) is 2. The van der Waals surface area contributed by atoms with Gasteiger partial charge in [0.25, 0.3) is 0 Å². The number of rotatable bonds is 3. The second kappa shape index (κ2) is 4.46. The summed E-state index contributed by atoms with van der Waals surface area (Å²) in [6, 6.07) is 9.92. The Morgan fingerprint density at radius 1 is 1.29 bits per heavy atom. The molecule has 0 aliphatic rings. The van der Waals surface area contributed by atoms with Gasteiger partial charge in [-0.25, -0.2) is 0 Å². The first-order chi connectivity index (χ1) is 7.99. The Balaban J connectivity index is 2.42. The van der Waals surface area contributed by atoms with Crippen molar-refractivity contribution in [2.75, 3.05) is 0 Å². The molecule has 17 heavy (non-hydrogen) atoms. The zero-order valence-electron chi connectivity index (χ0n) is 10.6. The van der Waals surface area contributed by atoms with Crippen LogP contribution in [0.3, 0.4) is 0 Å². The molecule has 2 rings (SSSR count). The third kappa shape index (κ3) is 2.64. The minimum absolute atomic E-state index is 0.467. The van der Waals surface area contributed by atoms with Crippen LogP contribution in [0.15, 0.2) is 36.5 Å². The molecule has 0 bridgehead atoms. The van der Waals surface area contributed by atoms with Crippen LogP contribution < -0.4 is 0 Å². The van der Waals surface area contributed by atoms with Gasteiger partial charge in [0.05, 0.1) is 11.1 Å². The average Bonchev–Trinajstić information content (AvgIpc) is 2.26. The lowest BCUT2D eigenvalue weighted by molar-refractivity contribution is 0.0350. The molecule has 2 nitrogen and oxygen atoms in total. The van der Waals surface area contributed by atoms with Gasteiger partial charge in [0.15, 0.2) is 0 Å². The van der Waals surface area contributed by atoms with Crippen molar-refractivity contribution in [2.45, 2.75) is 32.8 Å². The summed E-state index contributed by atoms with van der Waals surface area (Å²) in [5, 5.41) is 11.6. The zero-order chi connectivity index (χ0) is 12.5. The fourth-order valence-corrected chi connectivity index (χ4v) is 2.32. The molecule has 1 aromatic carbocycles. The van der Waals surface area contributed by atoms with Crippen LogP contribution in [0.2, 0.25) is 0 Å². The van der Waals surface area contributed by atoms with Crippen molar-refractivity contribution in [3.8, 4) is 0 Å². The molecule has 0 fully saturated rings. The van der Waals surface area contributed by atoms with Gasteiger partial charge in [0, 0.05) is 11.6 Å². The largest absolute Gasteiger partial charge is 0.385 e. The van der Waals surface area contributed by atoms with E-state index in [1.807, 2.05) is 37.3 Å². The van der Waals surface area contributed by atoms with E-state index in [2.05, 4.69) is 18.8 Å². The average molecular weight is 229 g/mol. The van der Waals surface area contributed by atoms with E-state index in [0.717, 1.165) is 22.9 Å². The standard InChI is InChI=1S/C15H19NO/c1-11(2)10-15(3,17)13-6-7-14-12(9-13)5-4-8-16-14/h4-9,11,17H,10H2,1-3H3. The Morgan fingerprint density at radius 2 is 2.06 bits per heavy atom. The second-order valence-electron chi connectivity index (χ2n) is 5.28. The van der Waals surface area contributed by atoms with Crippen LogP contribution in [-0.4, -0.2) is 10.1 Å². The fraction of sp³-hybridized carbons (Fsp3) is 0.400. The van der Waals surface area contributed by atoms with Gasteiger partial charge in [-0.2, -0.15) is 0 Å². The highest BCUT2D eigenvalue weighted by molar-refractivity contribution is 5.79. The lowest BCUT2D eigenvalue weighted by atomic mass is 9.87. The molecule has 2 aromatic rings. The normalized spacial score (nSPS) is 15.1. The Labute approximate surface area is 102 Å². The molecule has 1 atom stereocenters. The monoisotopic (exact) mass is 229 g/mol. The first-order valence-corrected chi connectivity index (χ1v) is 6.07. The molecule has 1 aromatic heterocycles. The van der Waals surface area contributed by atoms with E-state index in [0.29, 0.717) is 5.92 Å². The van der Waals surface area contributed by atoms with E-state index < -0.39 is 5.60 Å². The molecule has 0 radical (unpaired) electrons. The van der Waals surface area contributed by atoms with Crippen molar-refractivity contribution in [3.05, 3.63) is 42.1 Å². The van der Waals surface area contributed by atoms with Crippen molar-refractivity contribution < 1.29 is 5.11 Å². The molecule has 1 N–H and O–H groups in total. The number of aromatic nitrogens is 1. The third-order valence-electron chi connectivity index (χ3n) is 3.03. The summed E-state index contributed by atoms with van der Waals surface area (Å²) >= 11 is 0. The lowest BCUT2D eigenvalue weighted by Crippen LogP contribution is -2.23. The summed E-state index contributed by atoms with van der Waals surface area (Å²) in [6.45, 7) is 6.12. The Hall–Kier alpha value is -1.41. The van der Waals surface area contributed by atoms with E-state index in [1.54, 1.807) is 6.20 Å². The highest BCUT2D eigenvalue weighted by atomic mass is 16.3. The van der Waals surface area contributed by atoms with Gasteiger partial charge < -0.3 is 5.11 Å². The summed E-state index contributed by atoms with van der Waals surface area (Å²) in [5.41, 5.74) is 1.17. The summed E-state index contributed by atoms with van der Waals surface area (Å²) < 4.78 is 0. The quantitative estimate of drug-likeness (QED) is 0.874. The van der Waals surface area contributed by atoms with Gasteiger partial charge in [-0.3, -0.25) is 4.98 Å². The highest BCUT2D eigenvalue weighted by Gasteiger charge is 2.24. The number of hydrogen-bond donors (Lipinski definition) is 1. The van der Waals surface area contributed by atoms with E-state index in [4.69, 9.17) is 0 Å². The number of nitrogens with zero attached hydrogens (tertiary/aromatic N) is 1. The second-order valence-corrected chi connectivity index (χ2v) is 5.28. The molecule has 0 aliphatic heterocycles. The van der Waals surface area contributed by atoms with E-state index in [1.165, 1.54) is 0 Å². The number of benzene rings is 1. The lowest BCUT2D eigenvalue weighted by Gasteiger charge is -2.26. The Kier molecular flexibility index (Phi) is 3.16. The molecule has 0 saturated carbocycles. The SMILES string of the molecule is CC(C)CC(C)(O)c1ccc2ncccc2c1. The first kappa shape index (κ1) is 12.1. The first-order valence-electron chi connectivity index (χ1n) is 6.07. The van der Waals surface area contributed by atoms with E-state index >= 15 is 0 Å². The van der Waals surface area contributed by atoms with Crippen molar-refractivity contribution in [1.82, 2.24) is 4.98 Å². The molecule has 0 spiro atoms. The molecular formula is C15H19NO. The van der Waals surface area contributed by atoms with Crippen LogP contribution in [0.4, 0.5) is 0 Å². The maximum Gasteiger partial charge on any atom is 0.0871 e. The van der Waals surface area contributed by atoms with Gasteiger partial charge in [-0.15, -0.1) is 0 Å². The molecule has 1 unspecified atom stereocenters. The van der Waals surface area contributed by atoms with Crippen LogP contribution in [0.1, 0.15) is 32.8 Å².